The van der Waals surface area contributed by atoms with Gasteiger partial charge < -0.3 is 29.8 Å². The van der Waals surface area contributed by atoms with Gasteiger partial charge in [-0.15, -0.1) is 0 Å². The van der Waals surface area contributed by atoms with Crippen LogP contribution in [0.5, 0.6) is 0 Å². The Morgan fingerprint density at radius 1 is 1.43 bits per heavy atom. The summed E-state index contributed by atoms with van der Waals surface area (Å²) in [6.45, 7) is 1.08. The van der Waals surface area contributed by atoms with Crippen molar-refractivity contribution in [1.29, 1.82) is 0 Å². The quantitative estimate of drug-likeness (QED) is 0.662. The van der Waals surface area contributed by atoms with Crippen LogP contribution in [0.4, 0.5) is 5.95 Å². The molecule has 0 radical (unpaired) electrons. The minimum atomic E-state index is -0.851. The normalized spacial score (nSPS) is 35.0. The first-order valence-corrected chi connectivity index (χ1v) is 6.53. The van der Waals surface area contributed by atoms with Crippen molar-refractivity contribution < 1.29 is 24.1 Å². The van der Waals surface area contributed by atoms with Gasteiger partial charge in [0.25, 0.3) is 6.48 Å². The van der Waals surface area contributed by atoms with Crippen molar-refractivity contribution in [2.45, 2.75) is 37.9 Å². The average molecular weight is 300 g/mol. The van der Waals surface area contributed by atoms with E-state index in [4.69, 9.17) is 24.7 Å². The minimum absolute atomic E-state index is 0.125. The molecule has 0 amide bonds. The van der Waals surface area contributed by atoms with Crippen LogP contribution in [0.2, 0.25) is 0 Å². The highest BCUT2D eigenvalue weighted by atomic mass is 16.9. The van der Waals surface area contributed by atoms with Gasteiger partial charge in [-0.1, -0.05) is 0 Å². The second-order valence-electron chi connectivity index (χ2n) is 4.60. The van der Waals surface area contributed by atoms with Gasteiger partial charge in [0.2, 0.25) is 5.95 Å². The summed E-state index contributed by atoms with van der Waals surface area (Å²) in [7, 11) is 0. The molecule has 3 rings (SSSR count). The molecule has 5 atom stereocenters. The fraction of sp³-hybridized carbons (Fsp3) is 0.727. The van der Waals surface area contributed by atoms with Crippen LogP contribution in [0.1, 0.15) is 13.2 Å². The lowest BCUT2D eigenvalue weighted by Crippen LogP contribution is -2.35. The number of hydrogen-bond donors (Lipinski definition) is 2. The summed E-state index contributed by atoms with van der Waals surface area (Å²) < 4.78 is 23.1. The molecule has 1 aromatic heterocycles. The summed E-state index contributed by atoms with van der Waals surface area (Å²) in [5, 5.41) is 9.37. The monoisotopic (exact) mass is 300 g/mol. The van der Waals surface area contributed by atoms with Gasteiger partial charge in [-0.25, -0.2) is 9.78 Å². The Hall–Kier alpha value is -1.59. The van der Waals surface area contributed by atoms with Crippen molar-refractivity contribution in [3.8, 4) is 0 Å². The molecule has 0 aromatic carbocycles. The van der Waals surface area contributed by atoms with Crippen molar-refractivity contribution >= 4 is 5.95 Å². The summed E-state index contributed by atoms with van der Waals surface area (Å²) in [5.74, 6) is -0.125. The molecule has 3 heterocycles. The van der Waals surface area contributed by atoms with Crippen LogP contribution in [0.3, 0.4) is 0 Å². The van der Waals surface area contributed by atoms with Crippen LogP contribution < -0.4 is 11.4 Å². The van der Waals surface area contributed by atoms with Crippen molar-refractivity contribution in [2.75, 3.05) is 18.9 Å². The van der Waals surface area contributed by atoms with E-state index in [9.17, 15) is 9.90 Å². The molecule has 3 N–H and O–H groups in total. The number of aromatic nitrogens is 3. The Bertz CT molecular complexity index is 566. The molecule has 2 aliphatic heterocycles. The van der Waals surface area contributed by atoms with E-state index in [1.807, 2.05) is 0 Å². The average Bonchev–Trinajstić information content (AvgIpc) is 2.98. The molecular weight excluding hydrogens is 284 g/mol. The van der Waals surface area contributed by atoms with Crippen LogP contribution in [-0.4, -0.2) is 57.6 Å². The van der Waals surface area contributed by atoms with E-state index < -0.39 is 36.7 Å². The van der Waals surface area contributed by atoms with E-state index >= 15 is 0 Å². The van der Waals surface area contributed by atoms with E-state index in [0.717, 1.165) is 4.57 Å². The van der Waals surface area contributed by atoms with Gasteiger partial charge in [0.1, 0.15) is 24.6 Å². The SMILES string of the molecule is CCOC1OC2C(O1)[C@@H](CO)O[C@H]2n1cnc(N)nc1=O. The topological polar surface area (TPSA) is 131 Å². The van der Waals surface area contributed by atoms with E-state index in [2.05, 4.69) is 9.97 Å². The summed E-state index contributed by atoms with van der Waals surface area (Å²) in [6, 6.07) is 0. The van der Waals surface area contributed by atoms with E-state index in [1.54, 1.807) is 6.92 Å². The van der Waals surface area contributed by atoms with Gasteiger partial charge in [0.05, 0.1) is 6.61 Å². The van der Waals surface area contributed by atoms with Crippen LogP contribution in [0, 0.1) is 0 Å². The van der Waals surface area contributed by atoms with Crippen molar-refractivity contribution in [1.82, 2.24) is 14.5 Å². The number of fused-ring (bicyclic) bond motifs is 1. The number of nitrogens with zero attached hydrogens (tertiary/aromatic N) is 3. The molecule has 2 aliphatic rings. The smallest absolute Gasteiger partial charge is 0.354 e. The summed E-state index contributed by atoms with van der Waals surface area (Å²) in [5.41, 5.74) is 4.74. The largest absolute Gasteiger partial charge is 0.394 e. The lowest BCUT2D eigenvalue weighted by atomic mass is 10.1. The molecule has 0 saturated carbocycles. The number of aliphatic hydroxyl groups excluding tert-OH is 1. The summed E-state index contributed by atoms with van der Waals surface area (Å²) in [6.07, 6.45) is -1.37. The van der Waals surface area contributed by atoms with E-state index in [-0.39, 0.29) is 12.6 Å². The number of anilines is 1. The van der Waals surface area contributed by atoms with Crippen molar-refractivity contribution in [3.63, 3.8) is 0 Å². The third-order valence-corrected chi connectivity index (χ3v) is 3.32. The predicted molar refractivity (Wildman–Crippen MR) is 66.9 cm³/mol. The Labute approximate surface area is 119 Å². The number of ether oxygens (including phenoxy) is 4. The van der Waals surface area contributed by atoms with Gasteiger partial charge in [-0.3, -0.25) is 4.57 Å². The number of nitrogens with two attached hydrogens (primary N) is 1. The maximum atomic E-state index is 11.9. The highest BCUT2D eigenvalue weighted by Crippen LogP contribution is 2.38. The standard InChI is InChI=1S/C11H16N4O6/c1-2-18-11-20-6-5(3-16)19-8(7(6)21-11)15-4-13-9(12)14-10(15)17/h4-8,11,16H,2-3H2,1H3,(H2,12,14,17)/t5-,6?,7?,8-,11?/m1/s1. The molecule has 116 valence electrons. The van der Waals surface area contributed by atoms with Gasteiger partial charge in [-0.2, -0.15) is 4.98 Å². The third kappa shape index (κ3) is 2.51. The molecule has 10 nitrogen and oxygen atoms in total. The molecule has 10 heteroatoms. The number of aliphatic hydroxyl groups is 1. The second kappa shape index (κ2) is 5.66. The number of rotatable bonds is 4. The first-order valence-electron chi connectivity index (χ1n) is 6.53. The molecule has 0 aliphatic carbocycles. The zero-order chi connectivity index (χ0) is 15.0. The molecule has 21 heavy (non-hydrogen) atoms. The Kier molecular flexibility index (Phi) is 3.87. The van der Waals surface area contributed by atoms with Gasteiger partial charge >= 0.3 is 5.69 Å². The Morgan fingerprint density at radius 2 is 2.19 bits per heavy atom. The molecule has 0 spiro atoms. The zero-order valence-corrected chi connectivity index (χ0v) is 11.3. The van der Waals surface area contributed by atoms with Crippen LogP contribution in [0.15, 0.2) is 11.1 Å². The summed E-state index contributed by atoms with van der Waals surface area (Å²) >= 11 is 0. The lowest BCUT2D eigenvalue weighted by Gasteiger charge is -2.20. The zero-order valence-electron chi connectivity index (χ0n) is 11.3. The van der Waals surface area contributed by atoms with Crippen molar-refractivity contribution in [3.05, 3.63) is 16.8 Å². The highest BCUT2D eigenvalue weighted by molar-refractivity contribution is 5.10. The lowest BCUT2D eigenvalue weighted by molar-refractivity contribution is -0.266. The van der Waals surface area contributed by atoms with Crippen LogP contribution in [0.25, 0.3) is 0 Å². The fourth-order valence-corrected chi connectivity index (χ4v) is 2.42. The molecule has 0 bridgehead atoms. The Balaban J connectivity index is 1.87. The molecular formula is C11H16N4O6. The summed E-state index contributed by atoms with van der Waals surface area (Å²) in [4.78, 5) is 19.2. The molecule has 2 saturated heterocycles. The van der Waals surface area contributed by atoms with Gasteiger partial charge in [0, 0.05) is 6.61 Å². The number of nitrogen functional groups attached to an aromatic ring is 1. The van der Waals surface area contributed by atoms with Gasteiger partial charge in [0.15, 0.2) is 6.23 Å². The van der Waals surface area contributed by atoms with Gasteiger partial charge in [-0.05, 0) is 6.92 Å². The van der Waals surface area contributed by atoms with Crippen molar-refractivity contribution in [2.24, 2.45) is 0 Å². The molecule has 1 aromatic rings. The second-order valence-corrected chi connectivity index (χ2v) is 4.60. The molecule has 2 fully saturated rings. The van der Waals surface area contributed by atoms with E-state index in [1.165, 1.54) is 6.33 Å². The predicted octanol–water partition coefficient (Wildman–Crippen LogP) is -1.79. The first kappa shape index (κ1) is 14.4. The van der Waals surface area contributed by atoms with Crippen LogP contribution >= 0.6 is 0 Å². The number of hydrogen-bond acceptors (Lipinski definition) is 9. The first-order chi connectivity index (χ1) is 10.1. The minimum Gasteiger partial charge on any atom is -0.394 e. The highest BCUT2D eigenvalue weighted by Gasteiger charge is 2.54. The Morgan fingerprint density at radius 3 is 2.86 bits per heavy atom. The van der Waals surface area contributed by atoms with E-state index in [0.29, 0.717) is 6.61 Å². The third-order valence-electron chi connectivity index (χ3n) is 3.32. The molecule has 3 unspecified atom stereocenters. The van der Waals surface area contributed by atoms with Crippen LogP contribution in [-0.2, 0) is 18.9 Å². The fourth-order valence-electron chi connectivity index (χ4n) is 2.42. The maximum Gasteiger partial charge on any atom is 0.354 e. The maximum absolute atomic E-state index is 11.9.